The van der Waals surface area contributed by atoms with Crippen LogP contribution in [0.1, 0.15) is 52.4 Å². The van der Waals surface area contributed by atoms with Gasteiger partial charge in [0.05, 0.1) is 5.92 Å². The first kappa shape index (κ1) is 15.0. The number of unbranched alkanes of at least 4 members (excludes halogenated alkanes) is 4. The minimum Gasteiger partial charge on any atom is -0.356 e. The van der Waals surface area contributed by atoms with Gasteiger partial charge in [-0.05, 0) is 13.3 Å². The zero-order chi connectivity index (χ0) is 13.4. The Labute approximate surface area is 110 Å². The molecule has 0 saturated carbocycles. The highest BCUT2D eigenvalue weighted by molar-refractivity contribution is 5.89. The quantitative estimate of drug-likeness (QED) is 0.673. The number of likely N-dealkylation sites (tertiary alicyclic amines) is 1. The van der Waals surface area contributed by atoms with E-state index in [1.54, 1.807) is 0 Å². The van der Waals surface area contributed by atoms with Gasteiger partial charge in [-0.25, -0.2) is 0 Å². The molecule has 1 heterocycles. The number of carbonyl (C=O) groups is 2. The second-order valence-corrected chi connectivity index (χ2v) is 5.05. The van der Waals surface area contributed by atoms with Crippen LogP contribution in [0.4, 0.5) is 0 Å². The highest BCUT2D eigenvalue weighted by Crippen LogP contribution is 2.18. The topological polar surface area (TPSA) is 49.4 Å². The van der Waals surface area contributed by atoms with Crippen LogP contribution in [-0.4, -0.2) is 36.3 Å². The van der Waals surface area contributed by atoms with Crippen LogP contribution in [0, 0.1) is 5.92 Å². The lowest BCUT2D eigenvalue weighted by molar-refractivity contribution is -0.129. The number of rotatable bonds is 8. The van der Waals surface area contributed by atoms with Gasteiger partial charge in [0.2, 0.25) is 11.8 Å². The molecule has 4 heteroatoms. The molecule has 0 spiro atoms. The van der Waals surface area contributed by atoms with Gasteiger partial charge in [-0.1, -0.05) is 32.6 Å². The van der Waals surface area contributed by atoms with E-state index in [-0.39, 0.29) is 17.7 Å². The van der Waals surface area contributed by atoms with Crippen molar-refractivity contribution in [3.63, 3.8) is 0 Å². The molecule has 104 valence electrons. The van der Waals surface area contributed by atoms with Crippen LogP contribution in [0.2, 0.25) is 0 Å². The molecular formula is C14H26N2O2. The van der Waals surface area contributed by atoms with Crippen molar-refractivity contribution < 1.29 is 9.59 Å². The summed E-state index contributed by atoms with van der Waals surface area (Å²) in [4.78, 5) is 25.3. The summed E-state index contributed by atoms with van der Waals surface area (Å²) in [7, 11) is 0. The molecule has 4 nitrogen and oxygen atoms in total. The van der Waals surface area contributed by atoms with E-state index in [1.807, 2.05) is 11.8 Å². The number of carbonyl (C=O) groups excluding carboxylic acids is 2. The number of hydrogen-bond acceptors (Lipinski definition) is 2. The molecule has 1 aliphatic heterocycles. The Morgan fingerprint density at radius 3 is 2.67 bits per heavy atom. The maximum atomic E-state index is 11.8. The average molecular weight is 254 g/mol. The van der Waals surface area contributed by atoms with Gasteiger partial charge in [0.15, 0.2) is 0 Å². The molecule has 1 aliphatic rings. The predicted octanol–water partition coefficient (Wildman–Crippen LogP) is 1.94. The Balaban J connectivity index is 2.23. The molecule has 1 N–H and O–H groups in total. The molecule has 2 amide bonds. The summed E-state index contributed by atoms with van der Waals surface area (Å²) in [5, 5.41) is 2.79. The third-order valence-corrected chi connectivity index (χ3v) is 3.47. The fraction of sp³-hybridized carbons (Fsp3) is 0.857. The van der Waals surface area contributed by atoms with Crippen LogP contribution in [0.3, 0.4) is 0 Å². The molecule has 1 atom stereocenters. The summed E-state index contributed by atoms with van der Waals surface area (Å²) >= 11 is 0. The molecule has 1 rings (SSSR count). The zero-order valence-corrected chi connectivity index (χ0v) is 11.7. The average Bonchev–Trinajstić information content (AvgIpc) is 2.71. The third-order valence-electron chi connectivity index (χ3n) is 3.47. The van der Waals surface area contributed by atoms with Crippen LogP contribution < -0.4 is 5.32 Å². The number of nitrogens with zero attached hydrogens (tertiary/aromatic N) is 1. The molecule has 0 bridgehead atoms. The van der Waals surface area contributed by atoms with Crippen molar-refractivity contribution in [3.05, 3.63) is 0 Å². The maximum Gasteiger partial charge on any atom is 0.225 e. The fourth-order valence-corrected chi connectivity index (χ4v) is 2.39. The first-order valence-electron chi connectivity index (χ1n) is 7.24. The van der Waals surface area contributed by atoms with Gasteiger partial charge in [-0.3, -0.25) is 9.59 Å². The molecule has 18 heavy (non-hydrogen) atoms. The standard InChI is InChI=1S/C14H26N2O2/c1-3-5-6-7-8-9-16-11-12(10-13(16)17)14(18)15-4-2/h12H,3-11H2,1-2H3,(H,15,18). The van der Waals surface area contributed by atoms with E-state index >= 15 is 0 Å². The first-order valence-corrected chi connectivity index (χ1v) is 7.24. The van der Waals surface area contributed by atoms with E-state index in [4.69, 9.17) is 0 Å². The normalized spacial score (nSPS) is 19.3. The van der Waals surface area contributed by atoms with E-state index in [2.05, 4.69) is 12.2 Å². The summed E-state index contributed by atoms with van der Waals surface area (Å²) < 4.78 is 0. The van der Waals surface area contributed by atoms with Crippen LogP contribution >= 0.6 is 0 Å². The number of amides is 2. The van der Waals surface area contributed by atoms with Crippen molar-refractivity contribution in [1.82, 2.24) is 10.2 Å². The van der Waals surface area contributed by atoms with Crippen molar-refractivity contribution in [2.75, 3.05) is 19.6 Å². The monoisotopic (exact) mass is 254 g/mol. The van der Waals surface area contributed by atoms with Gasteiger partial charge < -0.3 is 10.2 Å². The van der Waals surface area contributed by atoms with Crippen molar-refractivity contribution in [2.45, 2.75) is 52.4 Å². The SMILES string of the molecule is CCCCCCCN1CC(C(=O)NCC)CC1=O. The first-order chi connectivity index (χ1) is 8.69. The van der Waals surface area contributed by atoms with E-state index < -0.39 is 0 Å². The largest absolute Gasteiger partial charge is 0.356 e. The maximum absolute atomic E-state index is 11.8. The van der Waals surface area contributed by atoms with E-state index in [0.717, 1.165) is 13.0 Å². The Kier molecular flexibility index (Phi) is 6.76. The smallest absolute Gasteiger partial charge is 0.225 e. The van der Waals surface area contributed by atoms with Gasteiger partial charge in [0, 0.05) is 26.1 Å². The van der Waals surface area contributed by atoms with E-state index in [1.165, 1.54) is 25.7 Å². The summed E-state index contributed by atoms with van der Waals surface area (Å²) in [6.45, 7) is 6.17. The Morgan fingerprint density at radius 2 is 2.00 bits per heavy atom. The van der Waals surface area contributed by atoms with Crippen LogP contribution in [-0.2, 0) is 9.59 Å². The number of nitrogens with one attached hydrogen (secondary N) is 1. The lowest BCUT2D eigenvalue weighted by atomic mass is 10.1. The van der Waals surface area contributed by atoms with Gasteiger partial charge in [0.25, 0.3) is 0 Å². The van der Waals surface area contributed by atoms with Crippen LogP contribution in [0.15, 0.2) is 0 Å². The van der Waals surface area contributed by atoms with Crippen molar-refractivity contribution in [3.8, 4) is 0 Å². The predicted molar refractivity (Wildman–Crippen MR) is 72.1 cm³/mol. The summed E-state index contributed by atoms with van der Waals surface area (Å²) in [6.07, 6.45) is 6.40. The van der Waals surface area contributed by atoms with Crippen LogP contribution in [0.25, 0.3) is 0 Å². The molecular weight excluding hydrogens is 228 g/mol. The summed E-state index contributed by atoms with van der Waals surface area (Å²) in [5.41, 5.74) is 0. The van der Waals surface area contributed by atoms with Gasteiger partial charge in [-0.15, -0.1) is 0 Å². The van der Waals surface area contributed by atoms with Gasteiger partial charge >= 0.3 is 0 Å². The molecule has 0 aromatic heterocycles. The second-order valence-electron chi connectivity index (χ2n) is 5.05. The highest BCUT2D eigenvalue weighted by atomic mass is 16.2. The minimum atomic E-state index is -0.131. The molecule has 1 unspecified atom stereocenters. The minimum absolute atomic E-state index is 0.0272. The molecule has 0 aromatic carbocycles. The Morgan fingerprint density at radius 1 is 1.28 bits per heavy atom. The van der Waals surface area contributed by atoms with E-state index in [9.17, 15) is 9.59 Å². The van der Waals surface area contributed by atoms with Crippen molar-refractivity contribution in [1.29, 1.82) is 0 Å². The Bertz CT molecular complexity index is 279. The van der Waals surface area contributed by atoms with Crippen molar-refractivity contribution in [2.24, 2.45) is 5.92 Å². The highest BCUT2D eigenvalue weighted by Gasteiger charge is 2.33. The molecule has 1 saturated heterocycles. The second kappa shape index (κ2) is 8.11. The van der Waals surface area contributed by atoms with E-state index in [0.29, 0.717) is 19.5 Å². The summed E-state index contributed by atoms with van der Waals surface area (Å²) in [5.74, 6) is 0.0363. The van der Waals surface area contributed by atoms with Crippen molar-refractivity contribution >= 4 is 11.8 Å². The molecule has 0 aliphatic carbocycles. The lowest BCUT2D eigenvalue weighted by Crippen LogP contribution is -2.33. The van der Waals surface area contributed by atoms with Gasteiger partial charge in [0.1, 0.15) is 0 Å². The van der Waals surface area contributed by atoms with Crippen LogP contribution in [0.5, 0.6) is 0 Å². The third kappa shape index (κ3) is 4.67. The molecule has 0 aromatic rings. The number of hydrogen-bond donors (Lipinski definition) is 1. The zero-order valence-electron chi connectivity index (χ0n) is 11.7. The fourth-order valence-electron chi connectivity index (χ4n) is 2.39. The van der Waals surface area contributed by atoms with Gasteiger partial charge in [-0.2, -0.15) is 0 Å². The lowest BCUT2D eigenvalue weighted by Gasteiger charge is -2.16. The molecule has 1 fully saturated rings. The molecule has 0 radical (unpaired) electrons. The summed E-state index contributed by atoms with van der Waals surface area (Å²) in [6, 6.07) is 0. The Hall–Kier alpha value is -1.06.